The van der Waals surface area contributed by atoms with Crippen LogP contribution in [0.25, 0.3) is 44.4 Å². The number of benzene rings is 4. The van der Waals surface area contributed by atoms with E-state index in [1.165, 1.54) is 16.3 Å². The third-order valence-corrected chi connectivity index (χ3v) is 11.3. The Balaban J connectivity index is 0.000000204. The number of rotatable bonds is 3. The number of hydrogen-bond donors (Lipinski definition) is 0. The summed E-state index contributed by atoms with van der Waals surface area (Å²) < 4.78 is 31.4. The van der Waals surface area contributed by atoms with E-state index >= 15 is 8.78 Å². The molecule has 0 saturated carbocycles. The first-order chi connectivity index (χ1) is 22.9. The van der Waals surface area contributed by atoms with Crippen LogP contribution in [-0.2, 0) is 36.9 Å². The molecule has 4 aromatic carbocycles. The van der Waals surface area contributed by atoms with Crippen LogP contribution in [0, 0.1) is 12.1 Å². The first-order valence-corrected chi connectivity index (χ1v) is 20.4. The maximum atomic E-state index is 15.7. The van der Waals surface area contributed by atoms with E-state index in [2.05, 4.69) is 108 Å². The summed E-state index contributed by atoms with van der Waals surface area (Å²) in [4.78, 5) is 8.91. The van der Waals surface area contributed by atoms with Crippen molar-refractivity contribution < 1.29 is 28.9 Å². The van der Waals surface area contributed by atoms with E-state index in [0.29, 0.717) is 22.4 Å². The number of fused-ring (bicyclic) bond motifs is 4. The van der Waals surface area contributed by atoms with Gasteiger partial charge in [-0.25, -0.2) is 0 Å². The van der Waals surface area contributed by atoms with Crippen LogP contribution in [0.2, 0.25) is 19.6 Å². The standard InChI is InChI=1S/C25H20F2NSi.C19H24N.Ir/c1-29(2,3)19-10-6-9-18(13-19)24-23-20(11-12-28-24)21-14-16-7-4-5-8-17(16)15-22(21)25(23,26)27;1-18(2,3)15-9-7-8-14(12-15)17-13-16(10-11-20-17)19(4,5)6;/h4-8,10-15H,1-3H3;7,9-13H,1-6H3;/q2*-1;. The zero-order valence-electron chi connectivity index (χ0n) is 30.3. The van der Waals surface area contributed by atoms with E-state index in [9.17, 15) is 0 Å². The Morgan fingerprint density at radius 3 is 1.90 bits per heavy atom. The van der Waals surface area contributed by atoms with Gasteiger partial charge in [0, 0.05) is 43.6 Å². The minimum Gasteiger partial charge on any atom is -0.305 e. The molecule has 0 amide bonds. The van der Waals surface area contributed by atoms with Crippen LogP contribution in [0.3, 0.4) is 0 Å². The summed E-state index contributed by atoms with van der Waals surface area (Å²) in [5.74, 6) is -3.10. The molecule has 0 bridgehead atoms. The Morgan fingerprint density at radius 2 is 1.24 bits per heavy atom. The smallest absolute Gasteiger partial charge is 0.293 e. The Kier molecular flexibility index (Phi) is 10.3. The van der Waals surface area contributed by atoms with Gasteiger partial charge in [0.05, 0.1) is 8.07 Å². The molecular weight excluding hydrogens is 815 g/mol. The number of hydrogen-bond acceptors (Lipinski definition) is 2. The summed E-state index contributed by atoms with van der Waals surface area (Å²) in [5.41, 5.74) is 7.15. The molecule has 2 heterocycles. The molecule has 0 unspecified atom stereocenters. The molecule has 0 fully saturated rings. The SMILES string of the molecule is CC(C)(C)c1cc[c-]c(-c2cc(C(C)(C)C)ccn2)c1.C[Si](C)(C)c1cc[c-]c(-c2nccc3c2C(F)(F)c2cc4ccccc4cc2-3)c1.[Ir]. The second kappa shape index (κ2) is 13.7. The van der Waals surface area contributed by atoms with Gasteiger partial charge in [0.25, 0.3) is 5.92 Å². The van der Waals surface area contributed by atoms with Crippen molar-refractivity contribution in [3.8, 4) is 33.6 Å². The topological polar surface area (TPSA) is 25.8 Å². The van der Waals surface area contributed by atoms with Gasteiger partial charge >= 0.3 is 0 Å². The average Bonchev–Trinajstić information content (AvgIpc) is 3.28. The molecule has 2 nitrogen and oxygen atoms in total. The second-order valence-electron chi connectivity index (χ2n) is 16.1. The van der Waals surface area contributed by atoms with E-state index < -0.39 is 14.0 Å². The number of halogens is 2. The third kappa shape index (κ3) is 7.44. The fourth-order valence-electron chi connectivity index (χ4n) is 6.26. The van der Waals surface area contributed by atoms with Gasteiger partial charge in [0.2, 0.25) is 0 Å². The Labute approximate surface area is 310 Å². The maximum absolute atomic E-state index is 15.7. The molecule has 6 heteroatoms. The Hall–Kier alpha value is -3.83. The predicted molar refractivity (Wildman–Crippen MR) is 203 cm³/mol. The van der Waals surface area contributed by atoms with Crippen LogP contribution >= 0.6 is 0 Å². The quantitative estimate of drug-likeness (QED) is 0.131. The average molecular weight is 859 g/mol. The van der Waals surface area contributed by atoms with E-state index in [4.69, 9.17) is 0 Å². The predicted octanol–water partition coefficient (Wildman–Crippen LogP) is 11.5. The van der Waals surface area contributed by atoms with Gasteiger partial charge in [-0.2, -0.15) is 8.78 Å². The van der Waals surface area contributed by atoms with Gasteiger partial charge < -0.3 is 9.97 Å². The molecule has 0 spiro atoms. The molecule has 7 rings (SSSR count). The van der Waals surface area contributed by atoms with Crippen LogP contribution in [0.15, 0.2) is 103 Å². The van der Waals surface area contributed by atoms with Crippen LogP contribution < -0.4 is 5.19 Å². The second-order valence-corrected chi connectivity index (χ2v) is 21.1. The molecule has 259 valence electrons. The van der Waals surface area contributed by atoms with Crippen molar-refractivity contribution in [3.05, 3.63) is 138 Å². The van der Waals surface area contributed by atoms with Gasteiger partial charge in [-0.15, -0.1) is 70.4 Å². The van der Waals surface area contributed by atoms with Crippen molar-refractivity contribution in [2.45, 2.75) is 77.9 Å². The molecular formula is C44H44F2IrN2Si-2. The zero-order chi connectivity index (χ0) is 35.4. The van der Waals surface area contributed by atoms with Crippen molar-refractivity contribution >= 4 is 24.0 Å². The Bertz CT molecular complexity index is 2120. The maximum Gasteiger partial charge on any atom is 0.293 e. The number of nitrogens with zero attached hydrogens (tertiary/aromatic N) is 2. The summed E-state index contributed by atoms with van der Waals surface area (Å²) in [5, 5.41) is 2.98. The van der Waals surface area contributed by atoms with Crippen molar-refractivity contribution in [2.75, 3.05) is 0 Å². The summed E-state index contributed by atoms with van der Waals surface area (Å²) >= 11 is 0. The van der Waals surface area contributed by atoms with Gasteiger partial charge in [0.1, 0.15) is 0 Å². The van der Waals surface area contributed by atoms with Crippen molar-refractivity contribution in [2.24, 2.45) is 0 Å². The van der Waals surface area contributed by atoms with Crippen molar-refractivity contribution in [3.63, 3.8) is 0 Å². The molecule has 1 radical (unpaired) electrons. The molecule has 1 aliphatic rings. The van der Waals surface area contributed by atoms with Crippen LogP contribution in [0.5, 0.6) is 0 Å². The van der Waals surface area contributed by atoms with Crippen molar-refractivity contribution in [1.29, 1.82) is 0 Å². The summed E-state index contributed by atoms with van der Waals surface area (Å²) in [7, 11) is -1.59. The number of aromatic nitrogens is 2. The largest absolute Gasteiger partial charge is 0.305 e. The van der Waals surface area contributed by atoms with E-state index in [0.717, 1.165) is 22.0 Å². The number of alkyl halides is 2. The first-order valence-electron chi connectivity index (χ1n) is 16.9. The molecule has 2 aromatic heterocycles. The monoisotopic (exact) mass is 859 g/mol. The van der Waals surface area contributed by atoms with E-state index in [-0.39, 0.29) is 42.1 Å². The van der Waals surface area contributed by atoms with Crippen LogP contribution in [0.1, 0.15) is 63.8 Å². The minimum atomic E-state index is -3.10. The molecule has 50 heavy (non-hydrogen) atoms. The molecule has 0 aliphatic heterocycles. The molecule has 0 N–H and O–H groups in total. The Morgan fingerprint density at radius 1 is 0.640 bits per heavy atom. The fraction of sp³-hybridized carbons (Fsp3) is 0.273. The fourth-order valence-corrected chi connectivity index (χ4v) is 7.42. The normalized spacial score (nSPS) is 13.5. The molecule has 1 aliphatic carbocycles. The van der Waals surface area contributed by atoms with Crippen LogP contribution in [0.4, 0.5) is 8.78 Å². The summed E-state index contributed by atoms with van der Waals surface area (Å²) in [6, 6.07) is 35.8. The molecule has 0 atom stereocenters. The van der Waals surface area contributed by atoms with Crippen molar-refractivity contribution in [1.82, 2.24) is 9.97 Å². The van der Waals surface area contributed by atoms with E-state index in [1.807, 2.05) is 60.8 Å². The zero-order valence-corrected chi connectivity index (χ0v) is 33.7. The summed E-state index contributed by atoms with van der Waals surface area (Å²) in [6.07, 6.45) is 3.52. The minimum absolute atomic E-state index is 0. The first kappa shape index (κ1) is 37.4. The molecule has 6 aromatic rings. The van der Waals surface area contributed by atoms with Gasteiger partial charge in [-0.05, 0) is 73.9 Å². The van der Waals surface area contributed by atoms with Gasteiger partial charge in [0.15, 0.2) is 0 Å². The summed E-state index contributed by atoms with van der Waals surface area (Å²) in [6.45, 7) is 20.1. The number of pyridine rings is 2. The van der Waals surface area contributed by atoms with Gasteiger partial charge in [-0.1, -0.05) is 91.5 Å². The third-order valence-electron chi connectivity index (χ3n) is 9.27. The molecule has 0 saturated heterocycles. The van der Waals surface area contributed by atoms with E-state index in [1.54, 1.807) is 18.3 Å². The van der Waals surface area contributed by atoms with Crippen LogP contribution in [-0.4, -0.2) is 18.0 Å². The van der Waals surface area contributed by atoms with Gasteiger partial charge in [-0.3, -0.25) is 0 Å².